The summed E-state index contributed by atoms with van der Waals surface area (Å²) in [5.74, 6) is 1.30. The second-order valence-corrected chi connectivity index (χ2v) is 4.93. The summed E-state index contributed by atoms with van der Waals surface area (Å²) in [5, 5.41) is 9.85. The third kappa shape index (κ3) is 1.99. The fraction of sp³-hybridized carbons (Fsp3) is 0.188. The van der Waals surface area contributed by atoms with Crippen molar-refractivity contribution in [1.29, 1.82) is 0 Å². The number of phenols is 1. The number of hydrogen-bond acceptors (Lipinski definition) is 3. The predicted octanol–water partition coefficient (Wildman–Crippen LogP) is 3.56. The van der Waals surface area contributed by atoms with Crippen LogP contribution in [0.2, 0.25) is 0 Å². The fourth-order valence-electron chi connectivity index (χ4n) is 2.24. The van der Waals surface area contributed by atoms with Crippen molar-refractivity contribution in [3.63, 3.8) is 0 Å². The Morgan fingerprint density at radius 2 is 1.85 bits per heavy atom. The molecule has 102 valence electrons. The summed E-state index contributed by atoms with van der Waals surface area (Å²) in [5.41, 5.74) is 5.20. The number of methoxy groups -OCH3 is 1. The molecule has 0 saturated heterocycles. The second kappa shape index (κ2) is 4.56. The van der Waals surface area contributed by atoms with E-state index < -0.39 is 0 Å². The molecule has 0 amide bonds. The summed E-state index contributed by atoms with van der Waals surface area (Å²) >= 11 is 0. The first-order valence-corrected chi connectivity index (χ1v) is 6.43. The van der Waals surface area contributed by atoms with E-state index in [1.54, 1.807) is 12.1 Å². The van der Waals surface area contributed by atoms with Crippen LogP contribution in [-0.2, 0) is 0 Å². The van der Waals surface area contributed by atoms with E-state index in [1.807, 2.05) is 6.07 Å². The highest BCUT2D eigenvalue weighted by molar-refractivity contribution is 5.81. The van der Waals surface area contributed by atoms with E-state index in [9.17, 15) is 5.11 Å². The molecule has 0 radical (unpaired) electrons. The van der Waals surface area contributed by atoms with Crippen LogP contribution in [0.4, 0.5) is 0 Å². The summed E-state index contributed by atoms with van der Waals surface area (Å²) in [7, 11) is 1.53. The van der Waals surface area contributed by atoms with Crippen LogP contribution in [0.5, 0.6) is 11.5 Å². The SMILES string of the molecule is COc1ccc(-c2nc3cc(C)c(C)cc3[nH]2)cc1O. The summed E-state index contributed by atoms with van der Waals surface area (Å²) in [4.78, 5) is 7.86. The maximum atomic E-state index is 9.85. The molecule has 0 aliphatic carbocycles. The fourth-order valence-corrected chi connectivity index (χ4v) is 2.24. The van der Waals surface area contributed by atoms with Crippen LogP contribution < -0.4 is 4.74 Å². The van der Waals surface area contributed by atoms with E-state index in [1.165, 1.54) is 18.2 Å². The van der Waals surface area contributed by atoms with Crippen molar-refractivity contribution in [3.05, 3.63) is 41.5 Å². The van der Waals surface area contributed by atoms with E-state index in [2.05, 4.69) is 35.9 Å². The Morgan fingerprint density at radius 1 is 1.10 bits per heavy atom. The molecule has 0 unspecified atom stereocenters. The van der Waals surface area contributed by atoms with Gasteiger partial charge in [0.2, 0.25) is 0 Å². The van der Waals surface area contributed by atoms with Gasteiger partial charge < -0.3 is 14.8 Å². The van der Waals surface area contributed by atoms with Crippen molar-refractivity contribution in [3.8, 4) is 22.9 Å². The molecule has 0 atom stereocenters. The van der Waals surface area contributed by atoms with Crippen LogP contribution in [0.3, 0.4) is 0 Å². The average molecular weight is 268 g/mol. The minimum atomic E-state index is 0.109. The molecule has 2 N–H and O–H groups in total. The van der Waals surface area contributed by atoms with E-state index in [-0.39, 0.29) is 5.75 Å². The van der Waals surface area contributed by atoms with Crippen LogP contribution >= 0.6 is 0 Å². The molecule has 1 heterocycles. The van der Waals surface area contributed by atoms with Crippen LogP contribution in [0.25, 0.3) is 22.4 Å². The number of benzene rings is 2. The largest absolute Gasteiger partial charge is 0.504 e. The number of rotatable bonds is 2. The van der Waals surface area contributed by atoms with Crippen LogP contribution in [0, 0.1) is 13.8 Å². The zero-order valence-electron chi connectivity index (χ0n) is 11.7. The van der Waals surface area contributed by atoms with Crippen LogP contribution in [0.15, 0.2) is 30.3 Å². The third-order valence-corrected chi connectivity index (χ3v) is 3.55. The Labute approximate surface area is 117 Å². The summed E-state index contributed by atoms with van der Waals surface area (Å²) in [6.45, 7) is 4.15. The highest BCUT2D eigenvalue weighted by Crippen LogP contribution is 2.31. The van der Waals surface area contributed by atoms with Crippen molar-refractivity contribution in [2.45, 2.75) is 13.8 Å². The van der Waals surface area contributed by atoms with Crippen LogP contribution in [-0.4, -0.2) is 22.2 Å². The minimum absolute atomic E-state index is 0.109. The Bertz CT molecular complexity index is 752. The molecule has 2 aromatic carbocycles. The Kier molecular flexibility index (Phi) is 2.86. The van der Waals surface area contributed by atoms with Crippen molar-refractivity contribution in [2.24, 2.45) is 0 Å². The standard InChI is InChI=1S/C16H16N2O2/c1-9-6-12-13(7-10(9)2)18-16(17-12)11-4-5-15(20-3)14(19)8-11/h4-8,19H,1-3H3,(H,17,18). The molecule has 0 aliphatic heterocycles. The van der Waals surface area contributed by atoms with Gasteiger partial charge in [-0.25, -0.2) is 4.98 Å². The van der Waals surface area contributed by atoms with Gasteiger partial charge >= 0.3 is 0 Å². The van der Waals surface area contributed by atoms with E-state index in [4.69, 9.17) is 4.74 Å². The van der Waals surface area contributed by atoms with E-state index in [0.717, 1.165) is 22.4 Å². The summed E-state index contributed by atoms with van der Waals surface area (Å²) < 4.78 is 5.05. The third-order valence-electron chi connectivity index (χ3n) is 3.55. The predicted molar refractivity (Wildman–Crippen MR) is 79.2 cm³/mol. The van der Waals surface area contributed by atoms with Gasteiger partial charge in [-0.15, -0.1) is 0 Å². The average Bonchev–Trinajstić information content (AvgIpc) is 2.82. The zero-order chi connectivity index (χ0) is 14.3. The van der Waals surface area contributed by atoms with Gasteiger partial charge in [-0.2, -0.15) is 0 Å². The van der Waals surface area contributed by atoms with Gasteiger partial charge in [-0.1, -0.05) is 0 Å². The van der Waals surface area contributed by atoms with Crippen molar-refractivity contribution < 1.29 is 9.84 Å². The van der Waals surface area contributed by atoms with E-state index in [0.29, 0.717) is 5.75 Å². The first-order valence-electron chi connectivity index (χ1n) is 6.43. The molecule has 0 saturated carbocycles. The topological polar surface area (TPSA) is 58.1 Å². The lowest BCUT2D eigenvalue weighted by Gasteiger charge is -2.04. The highest BCUT2D eigenvalue weighted by Gasteiger charge is 2.09. The molecular weight excluding hydrogens is 252 g/mol. The monoisotopic (exact) mass is 268 g/mol. The number of ether oxygens (including phenoxy) is 1. The number of imidazole rings is 1. The molecule has 1 aromatic heterocycles. The lowest BCUT2D eigenvalue weighted by Crippen LogP contribution is -1.85. The van der Waals surface area contributed by atoms with Gasteiger partial charge in [0.15, 0.2) is 11.5 Å². The Hall–Kier alpha value is -2.49. The molecule has 3 aromatic rings. The van der Waals surface area contributed by atoms with Gasteiger partial charge in [0, 0.05) is 5.56 Å². The smallest absolute Gasteiger partial charge is 0.160 e. The van der Waals surface area contributed by atoms with Gasteiger partial charge in [-0.3, -0.25) is 0 Å². The molecule has 0 aliphatic rings. The summed E-state index contributed by atoms with van der Waals surface area (Å²) in [6.07, 6.45) is 0. The number of aromatic nitrogens is 2. The molecular formula is C16H16N2O2. The zero-order valence-corrected chi connectivity index (χ0v) is 11.7. The lowest BCUT2D eigenvalue weighted by molar-refractivity contribution is 0.373. The Morgan fingerprint density at radius 3 is 2.55 bits per heavy atom. The number of H-pyrrole nitrogens is 1. The normalized spacial score (nSPS) is 10.9. The number of phenolic OH excluding ortho intramolecular Hbond substituents is 1. The summed E-state index contributed by atoms with van der Waals surface area (Å²) in [6, 6.07) is 9.40. The maximum Gasteiger partial charge on any atom is 0.160 e. The molecule has 4 heteroatoms. The van der Waals surface area contributed by atoms with Crippen LogP contribution in [0.1, 0.15) is 11.1 Å². The van der Waals surface area contributed by atoms with Crippen molar-refractivity contribution in [2.75, 3.05) is 7.11 Å². The van der Waals surface area contributed by atoms with E-state index >= 15 is 0 Å². The van der Waals surface area contributed by atoms with Crippen molar-refractivity contribution in [1.82, 2.24) is 9.97 Å². The maximum absolute atomic E-state index is 9.85. The number of aromatic hydroxyl groups is 1. The minimum Gasteiger partial charge on any atom is -0.504 e. The number of aromatic amines is 1. The highest BCUT2D eigenvalue weighted by atomic mass is 16.5. The van der Waals surface area contributed by atoms with Gasteiger partial charge in [0.25, 0.3) is 0 Å². The van der Waals surface area contributed by atoms with Crippen molar-refractivity contribution >= 4 is 11.0 Å². The number of aryl methyl sites for hydroxylation is 2. The molecule has 0 spiro atoms. The molecule has 4 nitrogen and oxygen atoms in total. The molecule has 0 bridgehead atoms. The molecule has 3 rings (SSSR count). The second-order valence-electron chi connectivity index (χ2n) is 4.93. The lowest BCUT2D eigenvalue weighted by atomic mass is 10.1. The first-order chi connectivity index (χ1) is 9.58. The first kappa shape index (κ1) is 12.5. The number of hydrogen-bond donors (Lipinski definition) is 2. The Balaban J connectivity index is 2.12. The number of nitrogens with zero attached hydrogens (tertiary/aromatic N) is 1. The molecule has 0 fully saturated rings. The van der Waals surface area contributed by atoms with Gasteiger partial charge in [0.05, 0.1) is 18.1 Å². The molecule has 20 heavy (non-hydrogen) atoms. The van der Waals surface area contributed by atoms with Gasteiger partial charge in [0.1, 0.15) is 5.82 Å². The van der Waals surface area contributed by atoms with Gasteiger partial charge in [-0.05, 0) is 55.3 Å². The number of fused-ring (bicyclic) bond motifs is 1. The number of nitrogens with one attached hydrogen (secondary N) is 1. The quantitative estimate of drug-likeness (QED) is 0.747.